The number of carboxylic acid groups (broad SMARTS) is 1. The maximum absolute atomic E-state index is 11.5. The lowest BCUT2D eigenvalue weighted by Gasteiger charge is -2.25. The molecule has 0 fully saturated rings. The lowest BCUT2D eigenvalue weighted by atomic mass is 9.87. The lowest BCUT2D eigenvalue weighted by Crippen LogP contribution is -2.44. The molecular weight excluding hydrogens is 220 g/mol. The van der Waals surface area contributed by atoms with Crippen molar-refractivity contribution in [2.75, 3.05) is 6.54 Å². The summed E-state index contributed by atoms with van der Waals surface area (Å²) in [5.41, 5.74) is -0.0157. The predicted molar refractivity (Wildman–Crippen MR) is 66.9 cm³/mol. The number of hydrogen-bond donors (Lipinski definition) is 3. The van der Waals surface area contributed by atoms with Crippen molar-refractivity contribution in [1.29, 1.82) is 0 Å². The molecule has 0 bridgehead atoms. The second-order valence-corrected chi connectivity index (χ2v) is 5.46. The molecule has 2 amide bonds. The molecule has 100 valence electrons. The zero-order valence-electron chi connectivity index (χ0n) is 11.2. The Morgan fingerprint density at radius 3 is 2.29 bits per heavy atom. The number of hydrogen-bond acceptors (Lipinski definition) is 2. The standard InChI is InChI=1S/C12H24N2O3/c1-5-6-13-11(17)14-9(7-10(15)16)8-12(2,3)4/h9H,5-8H2,1-4H3,(H,15,16)(H2,13,14,17). The molecule has 0 saturated heterocycles. The third-order valence-corrected chi connectivity index (χ3v) is 2.15. The van der Waals surface area contributed by atoms with E-state index < -0.39 is 5.97 Å². The van der Waals surface area contributed by atoms with Gasteiger partial charge < -0.3 is 15.7 Å². The Morgan fingerprint density at radius 1 is 1.29 bits per heavy atom. The smallest absolute Gasteiger partial charge is 0.315 e. The summed E-state index contributed by atoms with van der Waals surface area (Å²) in [7, 11) is 0. The van der Waals surface area contributed by atoms with Crippen molar-refractivity contribution in [2.45, 2.75) is 53.0 Å². The van der Waals surface area contributed by atoms with Crippen LogP contribution in [0.4, 0.5) is 4.79 Å². The molecule has 0 aromatic rings. The maximum atomic E-state index is 11.5. The van der Waals surface area contributed by atoms with E-state index in [0.29, 0.717) is 13.0 Å². The highest BCUT2D eigenvalue weighted by Crippen LogP contribution is 2.22. The van der Waals surface area contributed by atoms with E-state index in [2.05, 4.69) is 10.6 Å². The molecule has 0 aliphatic carbocycles. The van der Waals surface area contributed by atoms with Crippen molar-refractivity contribution in [3.8, 4) is 0 Å². The summed E-state index contributed by atoms with van der Waals surface area (Å²) < 4.78 is 0. The van der Waals surface area contributed by atoms with Gasteiger partial charge in [0.05, 0.1) is 6.42 Å². The number of rotatable bonds is 6. The summed E-state index contributed by atoms with van der Waals surface area (Å²) in [6, 6.07) is -0.619. The minimum Gasteiger partial charge on any atom is -0.481 e. The van der Waals surface area contributed by atoms with Gasteiger partial charge in [-0.2, -0.15) is 0 Å². The molecule has 0 saturated carbocycles. The van der Waals surface area contributed by atoms with Gasteiger partial charge in [-0.05, 0) is 18.3 Å². The molecule has 0 radical (unpaired) electrons. The van der Waals surface area contributed by atoms with Crippen LogP contribution in [0.5, 0.6) is 0 Å². The van der Waals surface area contributed by atoms with E-state index in [0.717, 1.165) is 6.42 Å². The molecule has 1 atom stereocenters. The highest BCUT2D eigenvalue weighted by Gasteiger charge is 2.22. The van der Waals surface area contributed by atoms with Gasteiger partial charge in [0.15, 0.2) is 0 Å². The SMILES string of the molecule is CCCNC(=O)NC(CC(=O)O)CC(C)(C)C. The summed E-state index contributed by atoms with van der Waals surface area (Å²) in [5, 5.41) is 14.2. The second-order valence-electron chi connectivity index (χ2n) is 5.46. The Balaban J connectivity index is 4.28. The van der Waals surface area contributed by atoms with E-state index in [9.17, 15) is 9.59 Å². The minimum absolute atomic E-state index is 0.0157. The van der Waals surface area contributed by atoms with Crippen LogP contribution in [0.1, 0.15) is 47.0 Å². The average Bonchev–Trinajstić information content (AvgIpc) is 2.10. The van der Waals surface area contributed by atoms with Gasteiger partial charge in [-0.1, -0.05) is 27.7 Å². The zero-order valence-corrected chi connectivity index (χ0v) is 11.2. The molecule has 17 heavy (non-hydrogen) atoms. The Kier molecular flexibility index (Phi) is 6.61. The van der Waals surface area contributed by atoms with Gasteiger partial charge in [0.25, 0.3) is 0 Å². The second kappa shape index (κ2) is 7.14. The fraction of sp³-hybridized carbons (Fsp3) is 0.833. The molecule has 0 aliphatic heterocycles. The van der Waals surface area contributed by atoms with Crippen molar-refractivity contribution in [2.24, 2.45) is 5.41 Å². The first-order valence-electron chi connectivity index (χ1n) is 6.00. The summed E-state index contributed by atoms with van der Waals surface area (Å²) in [6.07, 6.45) is 1.45. The molecule has 0 rings (SSSR count). The van der Waals surface area contributed by atoms with Gasteiger partial charge >= 0.3 is 12.0 Å². The Labute approximate surface area is 103 Å². The molecule has 0 aliphatic rings. The van der Waals surface area contributed by atoms with E-state index in [-0.39, 0.29) is 23.9 Å². The third kappa shape index (κ3) is 9.66. The van der Waals surface area contributed by atoms with Crippen LogP contribution >= 0.6 is 0 Å². The van der Waals surface area contributed by atoms with E-state index in [4.69, 9.17) is 5.11 Å². The van der Waals surface area contributed by atoms with Gasteiger partial charge in [-0.3, -0.25) is 4.79 Å². The number of urea groups is 1. The molecule has 0 heterocycles. The average molecular weight is 244 g/mol. The molecular formula is C12H24N2O3. The topological polar surface area (TPSA) is 78.4 Å². The minimum atomic E-state index is -0.893. The summed E-state index contributed by atoms with van der Waals surface area (Å²) in [6.45, 7) is 8.62. The van der Waals surface area contributed by atoms with Gasteiger partial charge in [-0.15, -0.1) is 0 Å². The molecule has 5 heteroatoms. The van der Waals surface area contributed by atoms with E-state index in [1.54, 1.807) is 0 Å². The van der Waals surface area contributed by atoms with Crippen LogP contribution in [0, 0.1) is 5.41 Å². The highest BCUT2D eigenvalue weighted by molar-refractivity contribution is 5.75. The molecule has 5 nitrogen and oxygen atoms in total. The number of nitrogens with one attached hydrogen (secondary N) is 2. The Bertz CT molecular complexity index is 259. The Morgan fingerprint density at radius 2 is 1.88 bits per heavy atom. The summed E-state index contributed by atoms with van der Waals surface area (Å²) in [5.74, 6) is -0.893. The quantitative estimate of drug-likeness (QED) is 0.668. The number of carbonyl (C=O) groups is 2. The maximum Gasteiger partial charge on any atom is 0.315 e. The normalized spacial score (nSPS) is 12.9. The summed E-state index contributed by atoms with van der Waals surface area (Å²) in [4.78, 5) is 22.2. The van der Waals surface area contributed by atoms with Crippen LogP contribution in [-0.4, -0.2) is 29.7 Å². The van der Waals surface area contributed by atoms with Gasteiger partial charge in [0.2, 0.25) is 0 Å². The number of aliphatic carboxylic acids is 1. The number of amides is 2. The van der Waals surface area contributed by atoms with E-state index in [1.165, 1.54) is 0 Å². The molecule has 0 spiro atoms. The highest BCUT2D eigenvalue weighted by atomic mass is 16.4. The predicted octanol–water partition coefficient (Wildman–Crippen LogP) is 1.98. The first-order valence-corrected chi connectivity index (χ1v) is 6.00. The lowest BCUT2D eigenvalue weighted by molar-refractivity contribution is -0.137. The van der Waals surface area contributed by atoms with Crippen molar-refractivity contribution < 1.29 is 14.7 Å². The third-order valence-electron chi connectivity index (χ3n) is 2.15. The van der Waals surface area contributed by atoms with Crippen LogP contribution in [-0.2, 0) is 4.79 Å². The largest absolute Gasteiger partial charge is 0.481 e. The van der Waals surface area contributed by atoms with Crippen molar-refractivity contribution in [3.63, 3.8) is 0 Å². The van der Waals surface area contributed by atoms with E-state index in [1.807, 2.05) is 27.7 Å². The molecule has 1 unspecified atom stereocenters. The fourth-order valence-electron chi connectivity index (χ4n) is 1.60. The van der Waals surface area contributed by atoms with Crippen LogP contribution in [0.25, 0.3) is 0 Å². The van der Waals surface area contributed by atoms with Crippen LogP contribution in [0.2, 0.25) is 0 Å². The van der Waals surface area contributed by atoms with Crippen molar-refractivity contribution >= 4 is 12.0 Å². The van der Waals surface area contributed by atoms with Crippen LogP contribution < -0.4 is 10.6 Å². The van der Waals surface area contributed by atoms with Gasteiger partial charge in [0.1, 0.15) is 0 Å². The molecule has 0 aromatic heterocycles. The Hall–Kier alpha value is -1.26. The number of carboxylic acids is 1. The fourth-order valence-corrected chi connectivity index (χ4v) is 1.60. The van der Waals surface area contributed by atoms with E-state index >= 15 is 0 Å². The van der Waals surface area contributed by atoms with Crippen LogP contribution in [0.15, 0.2) is 0 Å². The monoisotopic (exact) mass is 244 g/mol. The molecule has 3 N–H and O–H groups in total. The van der Waals surface area contributed by atoms with Gasteiger partial charge in [-0.25, -0.2) is 4.79 Å². The molecule has 0 aromatic carbocycles. The van der Waals surface area contributed by atoms with Gasteiger partial charge in [0, 0.05) is 12.6 Å². The first kappa shape index (κ1) is 15.7. The first-order chi connectivity index (χ1) is 7.74. The van der Waals surface area contributed by atoms with Crippen molar-refractivity contribution in [3.05, 3.63) is 0 Å². The summed E-state index contributed by atoms with van der Waals surface area (Å²) >= 11 is 0. The van der Waals surface area contributed by atoms with Crippen LogP contribution in [0.3, 0.4) is 0 Å². The zero-order chi connectivity index (χ0) is 13.5. The number of carbonyl (C=O) groups excluding carboxylic acids is 1. The van der Waals surface area contributed by atoms with Crippen molar-refractivity contribution in [1.82, 2.24) is 10.6 Å².